The minimum Gasteiger partial charge on any atom is -0.352 e. The zero-order valence-electron chi connectivity index (χ0n) is 13.2. The van der Waals surface area contributed by atoms with Gasteiger partial charge in [0, 0.05) is 25.9 Å². The molecule has 1 aromatic carbocycles. The molecule has 2 rings (SSSR count). The summed E-state index contributed by atoms with van der Waals surface area (Å²) >= 11 is 0. The third-order valence-electron chi connectivity index (χ3n) is 3.50. The smallest absolute Gasteiger partial charge is 0.243 e. The Morgan fingerprint density at radius 3 is 2.68 bits per heavy atom. The van der Waals surface area contributed by atoms with Crippen molar-refractivity contribution in [2.24, 2.45) is 7.05 Å². The van der Waals surface area contributed by atoms with Gasteiger partial charge in [-0.2, -0.15) is 5.10 Å². The molecule has 0 saturated heterocycles. The molecule has 0 aliphatic heterocycles. The molecule has 4 heteroatoms. The molecule has 0 fully saturated rings. The summed E-state index contributed by atoms with van der Waals surface area (Å²) in [4.78, 5) is 11.9. The lowest BCUT2D eigenvalue weighted by Gasteiger charge is -2.04. The minimum atomic E-state index is -0.0190. The Balaban J connectivity index is 1.70. The maximum atomic E-state index is 11.9. The standard InChI is InChI=1S/C18H23N3O/c1-15(8-9-16-6-4-3-5-7-16)12-18(22)19-11-10-17-13-20-21(2)14-17/h3-7,12-14H,8-11H2,1-2H3,(H,19,22)/b15-12-. The molecule has 0 bridgehead atoms. The van der Waals surface area contributed by atoms with Crippen LogP contribution >= 0.6 is 0 Å². The van der Waals surface area contributed by atoms with E-state index in [1.54, 1.807) is 10.8 Å². The molecule has 0 unspecified atom stereocenters. The van der Waals surface area contributed by atoms with E-state index in [4.69, 9.17) is 0 Å². The quantitative estimate of drug-likeness (QED) is 0.799. The average Bonchev–Trinajstić information content (AvgIpc) is 2.92. The second kappa shape index (κ2) is 8.17. The van der Waals surface area contributed by atoms with Gasteiger partial charge in [-0.1, -0.05) is 35.9 Å². The van der Waals surface area contributed by atoms with Crippen LogP contribution in [0.25, 0.3) is 0 Å². The van der Waals surface area contributed by atoms with Crippen molar-refractivity contribution in [3.8, 4) is 0 Å². The van der Waals surface area contributed by atoms with Crippen molar-refractivity contribution in [1.29, 1.82) is 0 Å². The first-order valence-electron chi connectivity index (χ1n) is 7.60. The molecule has 1 amide bonds. The third-order valence-corrected chi connectivity index (χ3v) is 3.50. The molecule has 0 saturated carbocycles. The Bertz CT molecular complexity index is 629. The van der Waals surface area contributed by atoms with Gasteiger partial charge in [0.15, 0.2) is 0 Å². The molecule has 0 atom stereocenters. The van der Waals surface area contributed by atoms with E-state index in [2.05, 4.69) is 22.5 Å². The number of carbonyl (C=O) groups excluding carboxylic acids is 1. The Morgan fingerprint density at radius 1 is 1.23 bits per heavy atom. The van der Waals surface area contributed by atoms with Crippen LogP contribution in [-0.2, 0) is 24.7 Å². The zero-order chi connectivity index (χ0) is 15.8. The van der Waals surface area contributed by atoms with E-state index in [0.29, 0.717) is 6.54 Å². The van der Waals surface area contributed by atoms with Gasteiger partial charge in [0.2, 0.25) is 5.91 Å². The molecular weight excluding hydrogens is 274 g/mol. The number of hydrogen-bond acceptors (Lipinski definition) is 2. The lowest BCUT2D eigenvalue weighted by Crippen LogP contribution is -2.23. The molecule has 1 N–H and O–H groups in total. The summed E-state index contributed by atoms with van der Waals surface area (Å²) in [5.74, 6) is -0.0190. The normalized spacial score (nSPS) is 11.5. The number of carbonyl (C=O) groups is 1. The summed E-state index contributed by atoms with van der Waals surface area (Å²) < 4.78 is 1.77. The highest BCUT2D eigenvalue weighted by Gasteiger charge is 2.01. The van der Waals surface area contributed by atoms with Gasteiger partial charge in [-0.05, 0) is 37.3 Å². The van der Waals surface area contributed by atoms with Gasteiger partial charge in [0.05, 0.1) is 6.20 Å². The van der Waals surface area contributed by atoms with Crippen LogP contribution in [0.5, 0.6) is 0 Å². The molecule has 0 spiro atoms. The first kappa shape index (κ1) is 16.0. The van der Waals surface area contributed by atoms with E-state index in [0.717, 1.165) is 30.4 Å². The maximum absolute atomic E-state index is 11.9. The largest absolute Gasteiger partial charge is 0.352 e. The summed E-state index contributed by atoms with van der Waals surface area (Å²) in [6.07, 6.45) is 8.16. The van der Waals surface area contributed by atoms with Gasteiger partial charge in [-0.25, -0.2) is 0 Å². The Kier molecular flexibility index (Phi) is 5.95. The molecule has 4 nitrogen and oxygen atoms in total. The maximum Gasteiger partial charge on any atom is 0.243 e. The van der Waals surface area contributed by atoms with Crippen LogP contribution < -0.4 is 5.32 Å². The van der Waals surface area contributed by atoms with E-state index in [9.17, 15) is 4.79 Å². The summed E-state index contributed by atoms with van der Waals surface area (Å²) in [6, 6.07) is 10.3. The Hall–Kier alpha value is -2.36. The highest BCUT2D eigenvalue weighted by Crippen LogP contribution is 2.08. The molecule has 116 valence electrons. The lowest BCUT2D eigenvalue weighted by atomic mass is 10.1. The number of rotatable bonds is 7. The number of amides is 1. The van der Waals surface area contributed by atoms with Crippen LogP contribution in [0.1, 0.15) is 24.5 Å². The van der Waals surface area contributed by atoms with Crippen LogP contribution in [0.2, 0.25) is 0 Å². The molecule has 22 heavy (non-hydrogen) atoms. The van der Waals surface area contributed by atoms with Gasteiger partial charge >= 0.3 is 0 Å². The van der Waals surface area contributed by atoms with Crippen LogP contribution in [0.4, 0.5) is 0 Å². The van der Waals surface area contributed by atoms with E-state index in [1.807, 2.05) is 44.6 Å². The number of benzene rings is 1. The number of nitrogens with zero attached hydrogens (tertiary/aromatic N) is 2. The molecule has 0 radical (unpaired) electrons. The van der Waals surface area contributed by atoms with Crippen LogP contribution in [-0.4, -0.2) is 22.2 Å². The minimum absolute atomic E-state index is 0.0190. The fourth-order valence-electron chi connectivity index (χ4n) is 2.26. The van der Waals surface area contributed by atoms with Crippen molar-refractivity contribution in [3.05, 3.63) is 65.5 Å². The molecule has 0 aliphatic rings. The topological polar surface area (TPSA) is 46.9 Å². The Labute approximate surface area is 131 Å². The van der Waals surface area contributed by atoms with Gasteiger partial charge in [0.25, 0.3) is 0 Å². The molecular formula is C18H23N3O. The highest BCUT2D eigenvalue weighted by molar-refractivity contribution is 5.88. The fraction of sp³-hybridized carbons (Fsp3) is 0.333. The second-order valence-corrected chi connectivity index (χ2v) is 5.54. The zero-order valence-corrected chi connectivity index (χ0v) is 13.2. The summed E-state index contributed by atoms with van der Waals surface area (Å²) in [7, 11) is 1.89. The first-order chi connectivity index (χ1) is 10.6. The lowest BCUT2D eigenvalue weighted by molar-refractivity contribution is -0.116. The monoisotopic (exact) mass is 297 g/mol. The number of aromatic nitrogens is 2. The van der Waals surface area contributed by atoms with Crippen LogP contribution in [0.15, 0.2) is 54.4 Å². The fourth-order valence-corrected chi connectivity index (χ4v) is 2.26. The number of hydrogen-bond donors (Lipinski definition) is 1. The van der Waals surface area contributed by atoms with Crippen molar-refractivity contribution < 1.29 is 4.79 Å². The predicted octanol–water partition coefficient (Wildman–Crippen LogP) is 2.66. The summed E-state index contributed by atoms with van der Waals surface area (Å²) in [6.45, 7) is 2.64. The van der Waals surface area contributed by atoms with Crippen molar-refractivity contribution >= 4 is 5.91 Å². The number of aryl methyl sites for hydroxylation is 2. The van der Waals surface area contributed by atoms with Gasteiger partial charge in [-0.15, -0.1) is 0 Å². The van der Waals surface area contributed by atoms with E-state index < -0.39 is 0 Å². The van der Waals surface area contributed by atoms with Crippen molar-refractivity contribution in [2.45, 2.75) is 26.2 Å². The third kappa shape index (κ3) is 5.56. The van der Waals surface area contributed by atoms with Crippen LogP contribution in [0.3, 0.4) is 0 Å². The SMILES string of the molecule is C/C(=C/C(=O)NCCc1cnn(C)c1)CCc1ccccc1. The molecule has 1 heterocycles. The predicted molar refractivity (Wildman–Crippen MR) is 88.4 cm³/mol. The van der Waals surface area contributed by atoms with Crippen molar-refractivity contribution in [3.63, 3.8) is 0 Å². The van der Waals surface area contributed by atoms with Crippen molar-refractivity contribution in [2.75, 3.05) is 6.54 Å². The van der Waals surface area contributed by atoms with E-state index >= 15 is 0 Å². The number of nitrogens with one attached hydrogen (secondary N) is 1. The molecule has 2 aromatic rings. The number of allylic oxidation sites excluding steroid dienone is 1. The van der Waals surface area contributed by atoms with Gasteiger partial charge < -0.3 is 5.32 Å². The second-order valence-electron chi connectivity index (χ2n) is 5.54. The Morgan fingerprint density at radius 2 is 2.00 bits per heavy atom. The average molecular weight is 297 g/mol. The molecule has 1 aromatic heterocycles. The van der Waals surface area contributed by atoms with Crippen LogP contribution in [0, 0.1) is 0 Å². The molecule has 0 aliphatic carbocycles. The van der Waals surface area contributed by atoms with Gasteiger partial charge in [-0.3, -0.25) is 9.48 Å². The highest BCUT2D eigenvalue weighted by atomic mass is 16.1. The van der Waals surface area contributed by atoms with E-state index in [1.165, 1.54) is 5.56 Å². The van der Waals surface area contributed by atoms with Gasteiger partial charge in [0.1, 0.15) is 0 Å². The first-order valence-corrected chi connectivity index (χ1v) is 7.60. The van der Waals surface area contributed by atoms with Crippen molar-refractivity contribution in [1.82, 2.24) is 15.1 Å². The van der Waals surface area contributed by atoms with E-state index in [-0.39, 0.29) is 5.91 Å². The summed E-state index contributed by atoms with van der Waals surface area (Å²) in [5, 5.41) is 7.03. The summed E-state index contributed by atoms with van der Waals surface area (Å²) in [5.41, 5.74) is 3.53.